The molecule has 1 atom stereocenters. The third kappa shape index (κ3) is 4.97. The summed E-state index contributed by atoms with van der Waals surface area (Å²) in [7, 11) is -3.11. The van der Waals surface area contributed by atoms with Gasteiger partial charge < -0.3 is 14.1 Å². The molecular weight excluding hydrogens is 428 g/mol. The maximum atomic E-state index is 12.8. The second-order valence-corrected chi connectivity index (χ2v) is 10.8. The normalized spacial score (nSPS) is 21.1. The van der Waals surface area contributed by atoms with Gasteiger partial charge in [0.2, 0.25) is 0 Å². The Hall–Kier alpha value is -2.07. The molecule has 2 aliphatic rings. The fraction of sp³-hybridized carbons (Fsp3) is 0.550. The van der Waals surface area contributed by atoms with Gasteiger partial charge in [0.25, 0.3) is 11.1 Å². The van der Waals surface area contributed by atoms with Crippen LogP contribution in [0.15, 0.2) is 33.9 Å². The molecule has 4 rings (SSSR count). The van der Waals surface area contributed by atoms with E-state index in [2.05, 4.69) is 4.98 Å². The van der Waals surface area contributed by atoms with E-state index in [1.54, 1.807) is 11.0 Å². The average Bonchev–Trinajstić information content (AvgIpc) is 3.45. The number of amides is 1. The van der Waals surface area contributed by atoms with Gasteiger partial charge in [0.1, 0.15) is 11.3 Å². The van der Waals surface area contributed by atoms with Gasteiger partial charge >= 0.3 is 5.97 Å². The van der Waals surface area contributed by atoms with Gasteiger partial charge in [-0.2, -0.15) is 0 Å². The summed E-state index contributed by atoms with van der Waals surface area (Å²) in [4.78, 5) is 30.9. The maximum absolute atomic E-state index is 12.8. The van der Waals surface area contributed by atoms with Crippen LogP contribution < -0.4 is 0 Å². The molecule has 162 valence electrons. The number of sulfone groups is 1. The molecule has 1 aliphatic carbocycles. The van der Waals surface area contributed by atoms with E-state index in [-0.39, 0.29) is 41.9 Å². The number of aromatic nitrogens is 1. The molecule has 8 nitrogen and oxygen atoms in total. The smallest absolute Gasteiger partial charge is 0.316 e. The molecule has 30 heavy (non-hydrogen) atoms. The number of esters is 1. The summed E-state index contributed by atoms with van der Waals surface area (Å²) in [5.74, 6) is -0.780. The van der Waals surface area contributed by atoms with Crippen molar-refractivity contribution in [2.75, 3.05) is 23.9 Å². The Morgan fingerprint density at radius 1 is 1.17 bits per heavy atom. The van der Waals surface area contributed by atoms with Gasteiger partial charge in [-0.15, -0.1) is 0 Å². The van der Waals surface area contributed by atoms with Crippen molar-refractivity contribution in [2.45, 2.75) is 49.4 Å². The predicted molar refractivity (Wildman–Crippen MR) is 112 cm³/mol. The van der Waals surface area contributed by atoms with Crippen LogP contribution in [0.1, 0.15) is 32.1 Å². The second kappa shape index (κ2) is 8.97. The largest absolute Gasteiger partial charge is 0.455 e. The maximum Gasteiger partial charge on any atom is 0.316 e. The number of hydrogen-bond donors (Lipinski definition) is 0. The van der Waals surface area contributed by atoms with E-state index in [0.717, 1.165) is 37.4 Å². The van der Waals surface area contributed by atoms with Crippen LogP contribution in [0.4, 0.5) is 0 Å². The van der Waals surface area contributed by atoms with Crippen molar-refractivity contribution in [3.05, 3.63) is 24.3 Å². The summed E-state index contributed by atoms with van der Waals surface area (Å²) in [5.41, 5.74) is 1.35. The third-order valence-corrected chi connectivity index (χ3v) is 8.10. The fourth-order valence-electron chi connectivity index (χ4n) is 4.17. The van der Waals surface area contributed by atoms with Crippen molar-refractivity contribution < 1.29 is 27.2 Å². The zero-order valence-corrected chi connectivity index (χ0v) is 18.1. The number of ether oxygens (including phenoxy) is 1. The predicted octanol–water partition coefficient (Wildman–Crippen LogP) is 2.42. The number of hydrogen-bond acceptors (Lipinski definition) is 8. The highest BCUT2D eigenvalue weighted by Crippen LogP contribution is 2.29. The first-order valence-electron chi connectivity index (χ1n) is 10.1. The average molecular weight is 453 g/mol. The summed E-state index contributed by atoms with van der Waals surface area (Å²) >= 11 is 1.11. The van der Waals surface area contributed by atoms with Crippen LogP contribution in [0.2, 0.25) is 0 Å². The number of carbonyl (C=O) groups excluding carboxylic acids is 2. The third-order valence-electron chi connectivity index (χ3n) is 5.55. The van der Waals surface area contributed by atoms with E-state index < -0.39 is 15.8 Å². The molecule has 2 fully saturated rings. The SMILES string of the molecule is O=C(CSc1nc2ccccc2o1)OCC(=O)N(C1CCCC1)[C@H]1CCS(=O)(=O)C1. The zero-order chi connectivity index (χ0) is 21.1. The lowest BCUT2D eigenvalue weighted by atomic mass is 10.1. The number of benzene rings is 1. The van der Waals surface area contributed by atoms with Crippen LogP contribution in [0, 0.1) is 0 Å². The monoisotopic (exact) mass is 452 g/mol. The first kappa shape index (κ1) is 21.2. The van der Waals surface area contributed by atoms with Crippen molar-refractivity contribution in [1.29, 1.82) is 0 Å². The number of carbonyl (C=O) groups is 2. The Labute approximate surface area is 179 Å². The molecule has 10 heteroatoms. The second-order valence-electron chi connectivity index (χ2n) is 7.69. The molecule has 2 heterocycles. The molecule has 0 spiro atoms. The molecule has 2 aromatic rings. The van der Waals surface area contributed by atoms with E-state index in [0.29, 0.717) is 22.7 Å². The highest BCUT2D eigenvalue weighted by Gasteiger charge is 2.39. The first-order valence-corrected chi connectivity index (χ1v) is 12.9. The van der Waals surface area contributed by atoms with Crippen LogP contribution in [0.25, 0.3) is 11.1 Å². The molecule has 1 aromatic carbocycles. The van der Waals surface area contributed by atoms with Crippen molar-refractivity contribution in [3.8, 4) is 0 Å². The number of nitrogens with zero attached hydrogens (tertiary/aromatic N) is 2. The number of oxazole rings is 1. The molecule has 1 aliphatic heterocycles. The van der Waals surface area contributed by atoms with Gasteiger partial charge in [-0.25, -0.2) is 13.4 Å². The van der Waals surface area contributed by atoms with Crippen LogP contribution in [0.3, 0.4) is 0 Å². The summed E-state index contributed by atoms with van der Waals surface area (Å²) in [6.07, 6.45) is 4.23. The minimum absolute atomic E-state index is 0.00321. The Balaban J connectivity index is 1.31. The van der Waals surface area contributed by atoms with E-state index >= 15 is 0 Å². The van der Waals surface area contributed by atoms with Crippen LogP contribution >= 0.6 is 11.8 Å². The Morgan fingerprint density at radius 3 is 2.63 bits per heavy atom. The molecule has 0 unspecified atom stereocenters. The van der Waals surface area contributed by atoms with Crippen molar-refractivity contribution in [3.63, 3.8) is 0 Å². The number of para-hydroxylation sites is 2. The molecule has 1 saturated carbocycles. The zero-order valence-electron chi connectivity index (χ0n) is 16.5. The molecule has 0 bridgehead atoms. The quantitative estimate of drug-likeness (QED) is 0.466. The highest BCUT2D eigenvalue weighted by atomic mass is 32.2. The van der Waals surface area contributed by atoms with E-state index in [1.165, 1.54) is 0 Å². The van der Waals surface area contributed by atoms with Gasteiger partial charge in [0.05, 0.1) is 11.5 Å². The summed E-state index contributed by atoms with van der Waals surface area (Å²) in [6, 6.07) is 7.02. The van der Waals surface area contributed by atoms with Crippen molar-refractivity contribution >= 4 is 44.6 Å². The molecule has 1 saturated heterocycles. The summed E-state index contributed by atoms with van der Waals surface area (Å²) < 4.78 is 34.5. The number of fused-ring (bicyclic) bond motifs is 1. The Kier molecular flexibility index (Phi) is 6.33. The van der Waals surface area contributed by atoms with E-state index in [9.17, 15) is 18.0 Å². The number of rotatable bonds is 7. The topological polar surface area (TPSA) is 107 Å². The van der Waals surface area contributed by atoms with Gasteiger partial charge in [0, 0.05) is 12.1 Å². The van der Waals surface area contributed by atoms with E-state index in [1.807, 2.05) is 18.2 Å². The minimum Gasteiger partial charge on any atom is -0.455 e. The molecule has 1 aromatic heterocycles. The highest BCUT2D eigenvalue weighted by molar-refractivity contribution is 7.99. The van der Waals surface area contributed by atoms with Crippen LogP contribution in [-0.4, -0.2) is 66.1 Å². The summed E-state index contributed by atoms with van der Waals surface area (Å²) in [6.45, 7) is -0.375. The Morgan fingerprint density at radius 2 is 1.93 bits per heavy atom. The molecule has 1 amide bonds. The van der Waals surface area contributed by atoms with E-state index in [4.69, 9.17) is 9.15 Å². The lowest BCUT2D eigenvalue weighted by Gasteiger charge is -2.33. The first-order chi connectivity index (χ1) is 14.4. The van der Waals surface area contributed by atoms with Gasteiger partial charge in [-0.05, 0) is 31.4 Å². The van der Waals surface area contributed by atoms with Crippen LogP contribution in [-0.2, 0) is 24.2 Å². The number of thioether (sulfide) groups is 1. The van der Waals surface area contributed by atoms with Crippen LogP contribution in [0.5, 0.6) is 0 Å². The Bertz CT molecular complexity index is 996. The lowest BCUT2D eigenvalue weighted by molar-refractivity contribution is -0.152. The molecule has 0 radical (unpaired) electrons. The minimum atomic E-state index is -3.11. The summed E-state index contributed by atoms with van der Waals surface area (Å²) in [5, 5.41) is 0.364. The standard InChI is InChI=1S/C20H24N2O6S2/c23-18(22(14-5-1-2-6-14)15-9-10-30(25,26)13-15)11-27-19(24)12-29-20-21-16-7-3-4-8-17(16)28-20/h3-4,7-8,14-15H,1-2,5-6,9-13H2/t15-/m0/s1. The molecule has 0 N–H and O–H groups in total. The van der Waals surface area contributed by atoms with Crippen molar-refractivity contribution in [1.82, 2.24) is 9.88 Å². The lowest BCUT2D eigenvalue weighted by Crippen LogP contribution is -2.48. The van der Waals surface area contributed by atoms with Gasteiger partial charge in [-0.1, -0.05) is 36.7 Å². The fourth-order valence-corrected chi connectivity index (χ4v) is 6.52. The molecular formula is C20H24N2O6S2. The van der Waals surface area contributed by atoms with Gasteiger partial charge in [0.15, 0.2) is 22.0 Å². The van der Waals surface area contributed by atoms with Gasteiger partial charge in [-0.3, -0.25) is 9.59 Å². The van der Waals surface area contributed by atoms with Crippen molar-refractivity contribution in [2.24, 2.45) is 0 Å².